The van der Waals surface area contributed by atoms with Crippen molar-refractivity contribution in [1.82, 2.24) is 0 Å². The summed E-state index contributed by atoms with van der Waals surface area (Å²) >= 11 is 0. The van der Waals surface area contributed by atoms with Crippen LogP contribution in [0.25, 0.3) is 0 Å². The summed E-state index contributed by atoms with van der Waals surface area (Å²) in [5.41, 5.74) is 0. The van der Waals surface area contributed by atoms with Gasteiger partial charge in [-0.05, 0) is 6.42 Å². The van der Waals surface area contributed by atoms with Crippen LogP contribution in [0.4, 0.5) is 0 Å². The van der Waals surface area contributed by atoms with E-state index in [0.29, 0.717) is 17.6 Å². The second kappa shape index (κ2) is 10.7. The zero-order chi connectivity index (χ0) is 16.4. The summed E-state index contributed by atoms with van der Waals surface area (Å²) in [6.07, 6.45) is 2.19. The molecule has 0 aliphatic carbocycles. The van der Waals surface area contributed by atoms with Crippen LogP contribution in [-0.2, 0) is 18.3 Å². The molecule has 0 spiro atoms. The van der Waals surface area contributed by atoms with Gasteiger partial charge in [-0.15, -0.1) is 0 Å². The van der Waals surface area contributed by atoms with Gasteiger partial charge in [0.1, 0.15) is 19.3 Å². The smallest absolute Gasteiger partial charge is 0.388 e. The van der Waals surface area contributed by atoms with Crippen molar-refractivity contribution in [3.05, 3.63) is 0 Å². The first kappa shape index (κ1) is 21.0. The van der Waals surface area contributed by atoms with Crippen molar-refractivity contribution in [1.29, 1.82) is 0 Å². The van der Waals surface area contributed by atoms with Crippen LogP contribution in [0, 0.1) is 0 Å². The lowest BCUT2D eigenvalue weighted by Gasteiger charge is -2.24. The lowest BCUT2D eigenvalue weighted by molar-refractivity contribution is -0.870. The molecule has 2 N–H and O–H groups in total. The van der Waals surface area contributed by atoms with Gasteiger partial charge in [0.05, 0.1) is 34.4 Å². The number of rotatable bonds is 13. The van der Waals surface area contributed by atoms with Crippen LogP contribution in [-0.4, -0.2) is 74.7 Å². The van der Waals surface area contributed by atoms with E-state index in [1.165, 1.54) is 0 Å². The average Bonchev–Trinajstić information content (AvgIpc) is 2.34. The molecule has 8 heteroatoms. The fourth-order valence-electron chi connectivity index (χ4n) is 1.37. The first-order valence-corrected chi connectivity index (χ1v) is 8.84. The molecule has 21 heavy (non-hydrogen) atoms. The maximum absolute atomic E-state index is 11.6. The fraction of sp³-hybridized carbons (Fsp3) is 1.00. The molecule has 0 radical (unpaired) electrons. The molecule has 0 aromatic heterocycles. The lowest BCUT2D eigenvalue weighted by atomic mass is 10.3. The van der Waals surface area contributed by atoms with Crippen LogP contribution in [0.2, 0.25) is 0 Å². The summed E-state index contributed by atoms with van der Waals surface area (Å²) in [4.78, 5) is 9.45. The number of nitrogens with zero attached hydrogens (tertiary/aromatic N) is 1. The van der Waals surface area contributed by atoms with Gasteiger partial charge >= 0.3 is 7.82 Å². The molecule has 2 atom stereocenters. The number of unbranched alkanes of at least 4 members (excludes halogenated alkanes) is 2. The Morgan fingerprint density at radius 3 is 2.33 bits per heavy atom. The van der Waals surface area contributed by atoms with Gasteiger partial charge in [0, 0.05) is 6.61 Å². The molecule has 0 saturated carbocycles. The highest BCUT2D eigenvalue weighted by molar-refractivity contribution is 7.47. The Morgan fingerprint density at radius 1 is 1.10 bits per heavy atom. The molecule has 0 aromatic rings. The third-order valence-corrected chi connectivity index (χ3v) is 3.63. The Balaban J connectivity index is 3.73. The van der Waals surface area contributed by atoms with E-state index in [4.69, 9.17) is 13.8 Å². The van der Waals surface area contributed by atoms with Crippen molar-refractivity contribution in [3.63, 3.8) is 0 Å². The molecule has 1 unspecified atom stereocenters. The number of hydrogen-bond donors (Lipinski definition) is 2. The number of phosphoric ester groups is 1. The highest BCUT2D eigenvalue weighted by Crippen LogP contribution is 2.43. The molecule has 0 fully saturated rings. The van der Waals surface area contributed by atoms with E-state index in [-0.39, 0.29) is 19.8 Å². The highest BCUT2D eigenvalue weighted by atomic mass is 31.2. The number of ether oxygens (including phenoxy) is 1. The van der Waals surface area contributed by atoms with Crippen molar-refractivity contribution in [2.75, 3.05) is 54.1 Å². The van der Waals surface area contributed by atoms with Gasteiger partial charge in [0.2, 0.25) is 0 Å². The predicted octanol–water partition coefficient (Wildman–Crippen LogP) is 1.39. The largest absolute Gasteiger partial charge is 0.472 e. The normalized spacial score (nSPS) is 16.7. The number of phosphoric acid groups is 1. The second-order valence-corrected chi connectivity index (χ2v) is 7.50. The van der Waals surface area contributed by atoms with Crippen molar-refractivity contribution >= 4 is 7.82 Å². The van der Waals surface area contributed by atoms with Crippen LogP contribution in [0.3, 0.4) is 0 Å². The Bertz CT molecular complexity index is 308. The lowest BCUT2D eigenvalue weighted by Crippen LogP contribution is -2.37. The van der Waals surface area contributed by atoms with Crippen LogP contribution in [0.15, 0.2) is 0 Å². The number of quaternary nitrogens is 1. The summed E-state index contributed by atoms with van der Waals surface area (Å²) in [6, 6.07) is 0. The van der Waals surface area contributed by atoms with Crippen LogP contribution < -0.4 is 0 Å². The van der Waals surface area contributed by atoms with E-state index < -0.39 is 13.9 Å². The third kappa shape index (κ3) is 14.7. The maximum atomic E-state index is 11.6. The summed E-state index contributed by atoms with van der Waals surface area (Å²) in [5.74, 6) is 0. The molecular formula is C13H31NO6P+. The number of aliphatic hydroxyl groups excluding tert-OH is 1. The van der Waals surface area contributed by atoms with Crippen molar-refractivity contribution in [2.24, 2.45) is 0 Å². The molecule has 0 aliphatic heterocycles. The number of aliphatic hydroxyl groups is 1. The quantitative estimate of drug-likeness (QED) is 0.302. The minimum absolute atomic E-state index is 0.0859. The fourth-order valence-corrected chi connectivity index (χ4v) is 2.12. The summed E-state index contributed by atoms with van der Waals surface area (Å²) in [5, 5.41) is 9.58. The third-order valence-electron chi connectivity index (χ3n) is 2.65. The highest BCUT2D eigenvalue weighted by Gasteiger charge is 2.23. The van der Waals surface area contributed by atoms with Crippen LogP contribution in [0.1, 0.15) is 26.2 Å². The van der Waals surface area contributed by atoms with E-state index in [1.54, 1.807) is 0 Å². The first-order valence-electron chi connectivity index (χ1n) is 7.34. The zero-order valence-corrected chi connectivity index (χ0v) is 14.6. The Hall–Kier alpha value is -0.0100. The Labute approximate surface area is 128 Å². The summed E-state index contributed by atoms with van der Waals surface area (Å²) in [6.45, 7) is 3.16. The Morgan fingerprint density at radius 2 is 1.76 bits per heavy atom. The van der Waals surface area contributed by atoms with Gasteiger partial charge in [-0.3, -0.25) is 9.05 Å². The summed E-state index contributed by atoms with van der Waals surface area (Å²) < 4.78 is 27.0. The monoisotopic (exact) mass is 328 g/mol. The van der Waals surface area contributed by atoms with Gasteiger partial charge in [0.15, 0.2) is 0 Å². The molecule has 0 amide bonds. The number of hydrogen-bond acceptors (Lipinski definition) is 5. The molecule has 7 nitrogen and oxygen atoms in total. The molecule has 0 heterocycles. The second-order valence-electron chi connectivity index (χ2n) is 6.05. The van der Waals surface area contributed by atoms with E-state index in [2.05, 4.69) is 6.92 Å². The molecule has 0 saturated heterocycles. The SMILES string of the molecule is CCCCCOC[C@@H](O)COP(=O)(O)OCC[N+](C)(C)C. The van der Waals surface area contributed by atoms with E-state index in [1.807, 2.05) is 21.1 Å². The molecule has 0 aliphatic rings. The van der Waals surface area contributed by atoms with E-state index in [0.717, 1.165) is 19.3 Å². The van der Waals surface area contributed by atoms with Gasteiger partial charge in [-0.25, -0.2) is 4.57 Å². The molecule has 128 valence electrons. The van der Waals surface area contributed by atoms with Crippen molar-refractivity contribution in [3.8, 4) is 0 Å². The van der Waals surface area contributed by atoms with Crippen LogP contribution in [0.5, 0.6) is 0 Å². The van der Waals surface area contributed by atoms with Gasteiger partial charge < -0.3 is 19.2 Å². The average molecular weight is 328 g/mol. The van der Waals surface area contributed by atoms with Crippen LogP contribution >= 0.6 is 7.82 Å². The van der Waals surface area contributed by atoms with Gasteiger partial charge in [0.25, 0.3) is 0 Å². The standard InChI is InChI=1S/C13H30NO6P/c1-5-6-7-9-18-11-13(15)12-20-21(16,17)19-10-8-14(2,3)4/h13,15H,5-12H2,1-4H3/p+1/t13-/m1/s1. The number of likely N-dealkylation sites (N-methyl/N-ethyl adjacent to an activating group) is 1. The topological polar surface area (TPSA) is 85.2 Å². The van der Waals surface area contributed by atoms with E-state index >= 15 is 0 Å². The predicted molar refractivity (Wildman–Crippen MR) is 81.0 cm³/mol. The van der Waals surface area contributed by atoms with E-state index in [9.17, 15) is 14.6 Å². The molecule has 0 aromatic carbocycles. The first-order chi connectivity index (χ1) is 9.66. The molecular weight excluding hydrogens is 297 g/mol. The summed E-state index contributed by atoms with van der Waals surface area (Å²) in [7, 11) is 1.74. The maximum Gasteiger partial charge on any atom is 0.472 e. The molecule has 0 bridgehead atoms. The van der Waals surface area contributed by atoms with Gasteiger partial charge in [-0.2, -0.15) is 0 Å². The minimum atomic E-state index is -4.11. The zero-order valence-electron chi connectivity index (χ0n) is 13.7. The Kier molecular flexibility index (Phi) is 10.7. The molecule has 0 rings (SSSR count). The van der Waals surface area contributed by atoms with Crippen molar-refractivity contribution < 1.29 is 32.8 Å². The van der Waals surface area contributed by atoms with Crippen molar-refractivity contribution in [2.45, 2.75) is 32.3 Å². The van der Waals surface area contributed by atoms with Gasteiger partial charge in [-0.1, -0.05) is 19.8 Å². The minimum Gasteiger partial charge on any atom is -0.388 e.